The molecule has 29 heavy (non-hydrogen) atoms. The number of methoxy groups -OCH3 is 1. The number of hydrogen-bond acceptors (Lipinski definition) is 5. The Kier molecular flexibility index (Phi) is 6.57. The molecule has 2 aromatic carbocycles. The highest BCUT2D eigenvalue weighted by atomic mass is 32.2. The van der Waals surface area contributed by atoms with Gasteiger partial charge in [0.2, 0.25) is 0 Å². The highest BCUT2D eigenvalue weighted by Gasteiger charge is 2.32. The Hall–Kier alpha value is -3.24. The highest BCUT2D eigenvalue weighted by Crippen LogP contribution is 2.38. The number of rotatable bonds is 6. The largest absolute Gasteiger partial charge is 0.493 e. The Balaban J connectivity index is 2.00. The zero-order valence-corrected chi connectivity index (χ0v) is 16.8. The number of ether oxygens (including phenoxy) is 2. The number of likely N-dealkylation sites (N-methyl/N-ethyl adjacent to an activating group) is 1. The molecule has 0 aromatic heterocycles. The molecule has 0 radical (unpaired) electrons. The van der Waals surface area contributed by atoms with Gasteiger partial charge in [0, 0.05) is 12.1 Å². The first-order chi connectivity index (χ1) is 14.1. The van der Waals surface area contributed by atoms with Crippen molar-refractivity contribution in [2.24, 2.45) is 4.99 Å². The van der Waals surface area contributed by atoms with E-state index in [1.165, 1.54) is 29.8 Å². The van der Waals surface area contributed by atoms with Crippen LogP contribution in [0.4, 0.5) is 10.1 Å². The zero-order chi connectivity index (χ0) is 20.8. The summed E-state index contributed by atoms with van der Waals surface area (Å²) in [6.07, 6.45) is 7.00. The van der Waals surface area contributed by atoms with Gasteiger partial charge in [0.25, 0.3) is 5.91 Å². The molecule has 7 heteroatoms. The van der Waals surface area contributed by atoms with Gasteiger partial charge in [-0.2, -0.15) is 0 Å². The van der Waals surface area contributed by atoms with Crippen molar-refractivity contribution in [3.63, 3.8) is 0 Å². The quantitative estimate of drug-likeness (QED) is 0.521. The van der Waals surface area contributed by atoms with Gasteiger partial charge in [-0.3, -0.25) is 9.69 Å². The molecule has 0 N–H and O–H groups in total. The Morgan fingerprint density at radius 1 is 1.28 bits per heavy atom. The monoisotopic (exact) mass is 410 g/mol. The first-order valence-electron chi connectivity index (χ1n) is 8.87. The maximum Gasteiger partial charge on any atom is 0.266 e. The van der Waals surface area contributed by atoms with E-state index in [-0.39, 0.29) is 18.2 Å². The average Bonchev–Trinajstić information content (AvgIpc) is 3.02. The maximum atomic E-state index is 14.0. The van der Waals surface area contributed by atoms with Crippen LogP contribution in [0.3, 0.4) is 0 Å². The summed E-state index contributed by atoms with van der Waals surface area (Å²) in [4.78, 5) is 19.2. The van der Waals surface area contributed by atoms with E-state index in [0.717, 1.165) is 0 Å². The lowest BCUT2D eigenvalue weighted by molar-refractivity contribution is -0.122. The summed E-state index contributed by atoms with van der Waals surface area (Å²) in [6.45, 7) is 2.32. The molecule has 0 unspecified atom stereocenters. The third-order valence-electron chi connectivity index (χ3n) is 4.09. The lowest BCUT2D eigenvalue weighted by Gasteiger charge is -2.12. The number of amides is 1. The molecule has 0 bridgehead atoms. The van der Waals surface area contributed by atoms with Crippen LogP contribution in [0.1, 0.15) is 12.5 Å². The minimum Gasteiger partial charge on any atom is -0.493 e. The Labute approximate surface area is 173 Å². The minimum atomic E-state index is -0.445. The van der Waals surface area contributed by atoms with Gasteiger partial charge < -0.3 is 9.47 Å². The first kappa shape index (κ1) is 20.5. The molecular weight excluding hydrogens is 391 g/mol. The number of halogens is 1. The first-order valence-corrected chi connectivity index (χ1v) is 9.68. The van der Waals surface area contributed by atoms with Crippen molar-refractivity contribution >= 4 is 34.6 Å². The second kappa shape index (κ2) is 9.30. The number of terminal acetylenes is 1. The van der Waals surface area contributed by atoms with Gasteiger partial charge in [-0.1, -0.05) is 30.2 Å². The van der Waals surface area contributed by atoms with Gasteiger partial charge in [-0.25, -0.2) is 9.38 Å². The predicted molar refractivity (Wildman–Crippen MR) is 114 cm³/mol. The number of thioether (sulfide) groups is 1. The molecule has 5 nitrogen and oxygen atoms in total. The fourth-order valence-corrected chi connectivity index (χ4v) is 3.78. The summed E-state index contributed by atoms with van der Waals surface area (Å²) >= 11 is 1.18. The standard InChI is InChI=1S/C22H19FN2O3S/c1-4-13-28-20-15(9-8-12-18(20)27-3)14-19-21(26)25(5-2)22(29-19)24-17-11-7-6-10-16(17)23/h1,6-12,14H,5,13H2,2-3H3/b19-14+,24-22?. The van der Waals surface area contributed by atoms with E-state index >= 15 is 0 Å². The fourth-order valence-electron chi connectivity index (χ4n) is 2.73. The molecule has 1 aliphatic rings. The molecule has 148 valence electrons. The Morgan fingerprint density at radius 2 is 2.07 bits per heavy atom. The molecule has 2 aromatic rings. The SMILES string of the molecule is C#CCOc1c(/C=C2/SC(=Nc3ccccc3F)N(CC)C2=O)cccc1OC. The van der Waals surface area contributed by atoms with Crippen molar-refractivity contribution in [3.05, 3.63) is 58.8 Å². The number of hydrogen-bond donors (Lipinski definition) is 0. The molecule has 3 rings (SSSR count). The summed E-state index contributed by atoms with van der Waals surface area (Å²) in [5.41, 5.74) is 0.834. The van der Waals surface area contributed by atoms with Crippen LogP contribution in [-0.4, -0.2) is 36.2 Å². The van der Waals surface area contributed by atoms with Crippen molar-refractivity contribution in [2.45, 2.75) is 6.92 Å². The molecular formula is C22H19FN2O3S. The normalized spacial score (nSPS) is 16.3. The van der Waals surface area contributed by atoms with Crippen LogP contribution >= 0.6 is 11.8 Å². The van der Waals surface area contributed by atoms with Gasteiger partial charge in [0.1, 0.15) is 18.1 Å². The summed E-state index contributed by atoms with van der Waals surface area (Å²) in [7, 11) is 1.53. The second-order valence-corrected chi connectivity index (χ2v) is 6.89. The number of amidine groups is 1. The predicted octanol–water partition coefficient (Wildman–Crippen LogP) is 4.47. The van der Waals surface area contributed by atoms with Crippen molar-refractivity contribution in [2.75, 3.05) is 20.3 Å². The van der Waals surface area contributed by atoms with Crippen molar-refractivity contribution in [1.29, 1.82) is 0 Å². The number of carbonyl (C=O) groups is 1. The number of carbonyl (C=O) groups excluding carboxylic acids is 1. The number of benzene rings is 2. The lowest BCUT2D eigenvalue weighted by Crippen LogP contribution is -2.28. The Bertz CT molecular complexity index is 1030. The van der Waals surface area contributed by atoms with Crippen LogP contribution in [0.2, 0.25) is 0 Å². The topological polar surface area (TPSA) is 51.1 Å². The zero-order valence-electron chi connectivity index (χ0n) is 16.0. The van der Waals surface area contributed by atoms with Crippen LogP contribution in [0, 0.1) is 18.2 Å². The molecule has 0 spiro atoms. The van der Waals surface area contributed by atoms with Crippen LogP contribution in [0.25, 0.3) is 6.08 Å². The highest BCUT2D eigenvalue weighted by molar-refractivity contribution is 8.18. The van der Waals surface area contributed by atoms with Gasteiger partial charge in [-0.15, -0.1) is 6.42 Å². The third-order valence-corrected chi connectivity index (χ3v) is 5.10. The van der Waals surface area contributed by atoms with Crippen LogP contribution in [-0.2, 0) is 4.79 Å². The van der Waals surface area contributed by atoms with Gasteiger partial charge in [0.05, 0.1) is 12.0 Å². The number of para-hydroxylation sites is 2. The van der Waals surface area contributed by atoms with Crippen LogP contribution in [0.5, 0.6) is 11.5 Å². The molecule has 1 fully saturated rings. The number of nitrogens with zero attached hydrogens (tertiary/aromatic N) is 2. The summed E-state index contributed by atoms with van der Waals surface area (Å²) < 4.78 is 25.0. The Morgan fingerprint density at radius 3 is 2.76 bits per heavy atom. The smallest absolute Gasteiger partial charge is 0.266 e. The molecule has 0 atom stereocenters. The molecule has 1 saturated heterocycles. The third kappa shape index (κ3) is 4.44. The molecule has 0 aliphatic carbocycles. The van der Waals surface area contributed by atoms with Crippen molar-refractivity contribution < 1.29 is 18.7 Å². The molecule has 1 aliphatic heterocycles. The summed E-state index contributed by atoms with van der Waals surface area (Å²) in [5, 5.41) is 0.419. The van der Waals surface area contributed by atoms with Crippen LogP contribution < -0.4 is 9.47 Å². The fraction of sp³-hybridized carbons (Fsp3) is 0.182. The van der Waals surface area contributed by atoms with E-state index in [1.807, 2.05) is 6.92 Å². The van der Waals surface area contributed by atoms with E-state index in [2.05, 4.69) is 10.9 Å². The summed E-state index contributed by atoms with van der Waals surface area (Å²) in [5.74, 6) is 2.73. The molecule has 1 heterocycles. The van der Waals surface area contributed by atoms with Crippen LogP contribution in [0.15, 0.2) is 52.4 Å². The number of aliphatic imine (C=N–C) groups is 1. The maximum absolute atomic E-state index is 14.0. The van der Waals surface area contributed by atoms with E-state index in [1.54, 1.807) is 42.5 Å². The van der Waals surface area contributed by atoms with Crippen molar-refractivity contribution in [1.82, 2.24) is 4.90 Å². The average molecular weight is 410 g/mol. The van der Waals surface area contributed by atoms with E-state index < -0.39 is 5.82 Å². The van der Waals surface area contributed by atoms with E-state index in [9.17, 15) is 9.18 Å². The van der Waals surface area contributed by atoms with Gasteiger partial charge in [0.15, 0.2) is 16.7 Å². The second-order valence-electron chi connectivity index (χ2n) is 5.88. The summed E-state index contributed by atoms with van der Waals surface area (Å²) in [6, 6.07) is 11.5. The van der Waals surface area contributed by atoms with E-state index in [0.29, 0.717) is 33.7 Å². The lowest BCUT2D eigenvalue weighted by atomic mass is 10.1. The van der Waals surface area contributed by atoms with Crippen molar-refractivity contribution in [3.8, 4) is 23.8 Å². The van der Waals surface area contributed by atoms with E-state index in [4.69, 9.17) is 15.9 Å². The minimum absolute atomic E-state index is 0.0682. The molecule has 0 saturated carbocycles. The van der Waals surface area contributed by atoms with Gasteiger partial charge >= 0.3 is 0 Å². The molecule has 1 amide bonds. The van der Waals surface area contributed by atoms with Gasteiger partial charge in [-0.05, 0) is 43.0 Å².